The smallest absolute Gasteiger partial charge is 0.0541 e. The van der Waals surface area contributed by atoms with Gasteiger partial charge in [0.1, 0.15) is 0 Å². The van der Waals surface area contributed by atoms with E-state index >= 15 is 0 Å². The van der Waals surface area contributed by atoms with Crippen LogP contribution < -0.4 is 0 Å². The molecule has 8 aromatic carbocycles. The third-order valence-electron chi connectivity index (χ3n) is 11.5. The van der Waals surface area contributed by atoms with E-state index in [1.807, 2.05) is 12.4 Å². The Labute approximate surface area is 311 Å². The highest BCUT2D eigenvalue weighted by Crippen LogP contribution is 2.48. The first-order valence-corrected chi connectivity index (χ1v) is 18.5. The van der Waals surface area contributed by atoms with Crippen LogP contribution in [0.15, 0.2) is 188 Å². The number of nitrogens with zero attached hydrogens (tertiary/aromatic N) is 3. The summed E-state index contributed by atoms with van der Waals surface area (Å²) in [6, 6.07) is 64.6. The predicted molar refractivity (Wildman–Crippen MR) is 226 cm³/mol. The predicted octanol–water partition coefficient (Wildman–Crippen LogP) is 13.4. The average molecular weight is 686 g/mol. The molecule has 1 aliphatic rings. The fourth-order valence-corrected chi connectivity index (χ4v) is 9.12. The number of benzene rings is 8. The molecule has 0 atom stereocenters. The van der Waals surface area contributed by atoms with E-state index in [0.717, 1.165) is 5.69 Å². The molecule has 54 heavy (non-hydrogen) atoms. The summed E-state index contributed by atoms with van der Waals surface area (Å²) in [4.78, 5) is 4.51. The van der Waals surface area contributed by atoms with E-state index in [4.69, 9.17) is 0 Å². The molecule has 0 bridgehead atoms. The van der Waals surface area contributed by atoms with Gasteiger partial charge < -0.3 is 9.13 Å². The molecule has 0 amide bonds. The van der Waals surface area contributed by atoms with Gasteiger partial charge in [0, 0.05) is 50.9 Å². The van der Waals surface area contributed by atoms with Crippen molar-refractivity contribution < 1.29 is 0 Å². The lowest BCUT2D eigenvalue weighted by Crippen LogP contribution is -1.93. The van der Waals surface area contributed by atoms with Gasteiger partial charge in [0.25, 0.3) is 0 Å². The van der Waals surface area contributed by atoms with Gasteiger partial charge in [0.15, 0.2) is 0 Å². The van der Waals surface area contributed by atoms with Crippen molar-refractivity contribution in [2.75, 3.05) is 0 Å². The second kappa shape index (κ2) is 11.1. The highest BCUT2D eigenvalue weighted by molar-refractivity contribution is 6.17. The topological polar surface area (TPSA) is 22.8 Å². The maximum Gasteiger partial charge on any atom is 0.0541 e. The van der Waals surface area contributed by atoms with Crippen LogP contribution in [0.1, 0.15) is 0 Å². The van der Waals surface area contributed by atoms with E-state index in [2.05, 4.69) is 190 Å². The molecule has 0 saturated heterocycles. The Kier molecular flexibility index (Phi) is 6.05. The highest BCUT2D eigenvalue weighted by atomic mass is 15.0. The minimum Gasteiger partial charge on any atom is -0.309 e. The molecule has 11 aromatic rings. The summed E-state index contributed by atoms with van der Waals surface area (Å²) in [6.07, 6.45) is 3.92. The lowest BCUT2D eigenvalue weighted by molar-refractivity contribution is 1.18. The summed E-state index contributed by atoms with van der Waals surface area (Å²) in [5, 5.41) is 7.57. The molecule has 12 rings (SSSR count). The lowest BCUT2D eigenvalue weighted by atomic mass is 9.95. The first kappa shape index (κ1) is 29.4. The molecule has 1 aliphatic carbocycles. The van der Waals surface area contributed by atoms with Crippen molar-refractivity contribution in [3.8, 4) is 55.9 Å². The van der Waals surface area contributed by atoms with Crippen LogP contribution in [0.4, 0.5) is 0 Å². The molecule has 0 radical (unpaired) electrons. The number of para-hydroxylation sites is 3. The third-order valence-corrected chi connectivity index (χ3v) is 11.5. The fraction of sp³-hybridized carbons (Fsp3) is 0. The Hall–Kier alpha value is -7.23. The first-order chi connectivity index (χ1) is 26.8. The summed E-state index contributed by atoms with van der Waals surface area (Å²) in [7, 11) is 0. The zero-order valence-corrected chi connectivity index (χ0v) is 29.2. The van der Waals surface area contributed by atoms with Gasteiger partial charge in [-0.3, -0.25) is 4.98 Å². The number of aromatic nitrogens is 3. The molecule has 0 spiro atoms. The van der Waals surface area contributed by atoms with Crippen molar-refractivity contribution in [2.24, 2.45) is 0 Å². The van der Waals surface area contributed by atoms with Crippen molar-refractivity contribution in [3.05, 3.63) is 188 Å². The molecule has 250 valence electrons. The molecule has 3 heteroatoms. The Morgan fingerprint density at radius 1 is 0.333 bits per heavy atom. The lowest BCUT2D eigenvalue weighted by Gasteiger charge is -2.10. The Balaban J connectivity index is 1.07. The fourth-order valence-electron chi connectivity index (χ4n) is 9.12. The van der Waals surface area contributed by atoms with Crippen molar-refractivity contribution in [3.63, 3.8) is 0 Å². The van der Waals surface area contributed by atoms with Crippen LogP contribution >= 0.6 is 0 Å². The number of hydrogen-bond acceptors (Lipinski definition) is 1. The molecule has 0 N–H and O–H groups in total. The molecule has 0 saturated carbocycles. The normalized spacial score (nSPS) is 12.1. The molecule has 3 nitrogen and oxygen atoms in total. The van der Waals surface area contributed by atoms with Crippen molar-refractivity contribution in [2.45, 2.75) is 0 Å². The van der Waals surface area contributed by atoms with Gasteiger partial charge >= 0.3 is 0 Å². The third kappa shape index (κ3) is 4.15. The van der Waals surface area contributed by atoms with E-state index in [1.54, 1.807) is 0 Å². The summed E-state index contributed by atoms with van der Waals surface area (Å²) in [5.41, 5.74) is 17.0. The van der Waals surface area contributed by atoms with E-state index in [-0.39, 0.29) is 0 Å². The molecule has 0 unspecified atom stereocenters. The van der Waals surface area contributed by atoms with Crippen LogP contribution in [0.2, 0.25) is 0 Å². The summed E-state index contributed by atoms with van der Waals surface area (Å²) in [5.74, 6) is 0. The molecule has 0 aliphatic heterocycles. The summed E-state index contributed by atoms with van der Waals surface area (Å²) >= 11 is 0. The van der Waals surface area contributed by atoms with E-state index in [9.17, 15) is 0 Å². The van der Waals surface area contributed by atoms with Gasteiger partial charge in [-0.25, -0.2) is 0 Å². The summed E-state index contributed by atoms with van der Waals surface area (Å²) in [6.45, 7) is 0. The second-order valence-corrected chi connectivity index (χ2v) is 14.4. The quantitative estimate of drug-likeness (QED) is 0.181. The largest absolute Gasteiger partial charge is 0.309 e. The van der Waals surface area contributed by atoms with Crippen LogP contribution in [-0.4, -0.2) is 14.1 Å². The standard InChI is InChI=1S/C51H31N3/c1-3-11-37(12-4-1)53-47-17-8-7-15-40(47)42-27-32(18-21-48(42)53)33-19-22-49-43(28-33)44-29-34(20-23-50(44)54(49)38-13-5-2-6-14-38)36-26-35-10-9-16-41-39-24-25-52-31-46(39)45(30-36)51(35)41/h1-31H. The minimum absolute atomic E-state index is 1.16. The maximum atomic E-state index is 4.51. The number of hydrogen-bond donors (Lipinski definition) is 0. The van der Waals surface area contributed by atoms with E-state index in [0.29, 0.717) is 0 Å². The van der Waals surface area contributed by atoms with E-state index in [1.165, 1.54) is 105 Å². The Bertz CT molecular complexity index is 3310. The Morgan fingerprint density at radius 3 is 1.54 bits per heavy atom. The first-order valence-electron chi connectivity index (χ1n) is 18.5. The summed E-state index contributed by atoms with van der Waals surface area (Å²) < 4.78 is 4.78. The average Bonchev–Trinajstić information content (AvgIpc) is 3.87. The van der Waals surface area contributed by atoms with Gasteiger partial charge in [-0.1, -0.05) is 91.0 Å². The van der Waals surface area contributed by atoms with Crippen LogP contribution in [0.3, 0.4) is 0 Å². The van der Waals surface area contributed by atoms with Crippen LogP contribution in [0.5, 0.6) is 0 Å². The number of pyridine rings is 1. The number of fused-ring (bicyclic) bond motifs is 9. The second-order valence-electron chi connectivity index (χ2n) is 14.4. The monoisotopic (exact) mass is 685 g/mol. The van der Waals surface area contributed by atoms with Crippen LogP contribution in [-0.2, 0) is 0 Å². The minimum atomic E-state index is 1.16. The van der Waals surface area contributed by atoms with Crippen molar-refractivity contribution in [1.82, 2.24) is 14.1 Å². The number of rotatable bonds is 4. The van der Waals surface area contributed by atoms with Gasteiger partial charge in [0.05, 0.1) is 22.1 Å². The SMILES string of the molecule is c1ccc(-n2c3ccccc3c3cc(-c4ccc5c(c4)c4cc(-c6cc7c8c(cccc8c6)-c6ccncc6-7)ccc4n5-c4ccccc4)ccc32)cc1. The molecule has 3 aromatic heterocycles. The van der Waals surface area contributed by atoms with Gasteiger partial charge in [-0.2, -0.15) is 0 Å². The molecular formula is C51H31N3. The van der Waals surface area contributed by atoms with Crippen molar-refractivity contribution >= 4 is 54.4 Å². The van der Waals surface area contributed by atoms with Crippen molar-refractivity contribution in [1.29, 1.82) is 0 Å². The Morgan fingerprint density at radius 2 is 0.889 bits per heavy atom. The van der Waals surface area contributed by atoms with Gasteiger partial charge in [-0.05, 0) is 135 Å². The van der Waals surface area contributed by atoms with Crippen LogP contribution in [0.25, 0.3) is 110 Å². The molecule has 3 heterocycles. The molecular weight excluding hydrogens is 655 g/mol. The highest BCUT2D eigenvalue weighted by Gasteiger charge is 2.23. The molecule has 0 fully saturated rings. The maximum absolute atomic E-state index is 4.51. The van der Waals surface area contributed by atoms with Gasteiger partial charge in [0.2, 0.25) is 0 Å². The van der Waals surface area contributed by atoms with Crippen LogP contribution in [0, 0.1) is 0 Å². The van der Waals surface area contributed by atoms with E-state index < -0.39 is 0 Å². The zero-order chi connectivity index (χ0) is 35.3. The van der Waals surface area contributed by atoms with Gasteiger partial charge in [-0.15, -0.1) is 0 Å². The zero-order valence-electron chi connectivity index (χ0n) is 29.2.